The van der Waals surface area contributed by atoms with Crippen LogP contribution in [0.15, 0.2) is 59.8 Å². The van der Waals surface area contributed by atoms with Gasteiger partial charge in [0.25, 0.3) is 0 Å². The van der Waals surface area contributed by atoms with Crippen molar-refractivity contribution in [2.75, 3.05) is 31.8 Å². The van der Waals surface area contributed by atoms with E-state index in [2.05, 4.69) is 56.1 Å². The van der Waals surface area contributed by atoms with Crippen LogP contribution in [-0.4, -0.2) is 52.5 Å². The Balaban J connectivity index is 1.38. The van der Waals surface area contributed by atoms with Gasteiger partial charge in [0.1, 0.15) is 5.82 Å². The highest BCUT2D eigenvalue weighted by Gasteiger charge is 2.30. The molecule has 0 saturated heterocycles. The van der Waals surface area contributed by atoms with Crippen LogP contribution in [0, 0.1) is 0 Å². The summed E-state index contributed by atoms with van der Waals surface area (Å²) >= 11 is 1.48. The van der Waals surface area contributed by atoms with Gasteiger partial charge < -0.3 is 14.4 Å². The number of anilines is 1. The summed E-state index contributed by atoms with van der Waals surface area (Å²) in [6, 6.07) is 18.7. The molecule has 1 aliphatic rings. The van der Waals surface area contributed by atoms with Gasteiger partial charge in [-0.1, -0.05) is 54.2 Å². The number of hydrogen-bond donors (Lipinski definition) is 0. The molecular weight excluding hydrogens is 406 g/mol. The molecule has 0 bridgehead atoms. The zero-order valence-corrected chi connectivity index (χ0v) is 19.2. The van der Waals surface area contributed by atoms with Crippen molar-refractivity contribution >= 4 is 23.4 Å². The number of hydrogen-bond acceptors (Lipinski definition) is 5. The summed E-state index contributed by atoms with van der Waals surface area (Å²) < 4.78 is 2.19. The molecule has 6 nitrogen and oxygen atoms in total. The minimum absolute atomic E-state index is 0.0870. The Hall–Kier alpha value is -2.80. The summed E-state index contributed by atoms with van der Waals surface area (Å²) in [4.78, 5) is 16.6. The zero-order chi connectivity index (χ0) is 21.8. The molecule has 7 heteroatoms. The monoisotopic (exact) mass is 435 g/mol. The zero-order valence-electron chi connectivity index (χ0n) is 18.4. The first-order valence-electron chi connectivity index (χ1n) is 10.6. The van der Waals surface area contributed by atoms with Crippen LogP contribution >= 0.6 is 11.8 Å². The highest BCUT2D eigenvalue weighted by atomic mass is 32.2. The van der Waals surface area contributed by atoms with Crippen LogP contribution in [0.4, 0.5) is 5.69 Å². The van der Waals surface area contributed by atoms with Crippen molar-refractivity contribution < 1.29 is 4.79 Å². The first-order chi connectivity index (χ1) is 15.0. The Labute approximate surface area is 188 Å². The lowest BCUT2D eigenvalue weighted by molar-refractivity contribution is -0.127. The predicted molar refractivity (Wildman–Crippen MR) is 126 cm³/mol. The molecule has 1 aliphatic carbocycles. The third-order valence-corrected chi connectivity index (χ3v) is 6.45. The smallest absolute Gasteiger partial charge is 0.233 e. The normalized spacial score (nSPS) is 13.3. The number of rotatable bonds is 9. The van der Waals surface area contributed by atoms with Crippen LogP contribution in [0.3, 0.4) is 0 Å². The standard InChI is InChI=1S/C24H29N5OS/c1-27(2)21-13-9-19(10-14-21)15-28(3)22(30)17-31-24-26-25-23(20-11-12-20)29(24)16-18-7-5-4-6-8-18/h4-10,13-14,20H,11-12,15-17H2,1-3H3. The number of thioether (sulfide) groups is 1. The molecule has 0 aliphatic heterocycles. The van der Waals surface area contributed by atoms with Crippen molar-refractivity contribution in [3.63, 3.8) is 0 Å². The van der Waals surface area contributed by atoms with Gasteiger partial charge >= 0.3 is 0 Å². The van der Waals surface area contributed by atoms with Gasteiger partial charge in [0.15, 0.2) is 5.16 Å². The average Bonchev–Trinajstić information content (AvgIpc) is 3.54. The molecule has 1 heterocycles. The summed E-state index contributed by atoms with van der Waals surface area (Å²) in [6.45, 7) is 1.33. The van der Waals surface area contributed by atoms with E-state index in [-0.39, 0.29) is 5.91 Å². The second-order valence-corrected chi connectivity index (χ2v) is 9.23. The van der Waals surface area contributed by atoms with Crippen molar-refractivity contribution in [3.05, 3.63) is 71.5 Å². The predicted octanol–water partition coefficient (Wildman–Crippen LogP) is 4.02. The molecule has 162 valence electrons. The quantitative estimate of drug-likeness (QED) is 0.475. The summed E-state index contributed by atoms with van der Waals surface area (Å²) in [5.41, 5.74) is 3.49. The maximum atomic E-state index is 12.8. The van der Waals surface area contributed by atoms with E-state index < -0.39 is 0 Å². The molecule has 1 aromatic heterocycles. The van der Waals surface area contributed by atoms with E-state index in [1.807, 2.05) is 39.3 Å². The SMILES string of the molecule is CN(Cc1ccc(N(C)C)cc1)C(=O)CSc1nnc(C2CC2)n1Cc1ccccc1. The van der Waals surface area contributed by atoms with Crippen LogP contribution in [0.1, 0.15) is 35.7 Å². The second-order valence-electron chi connectivity index (χ2n) is 8.29. The van der Waals surface area contributed by atoms with Gasteiger partial charge in [-0.25, -0.2) is 0 Å². The van der Waals surface area contributed by atoms with Crippen LogP contribution in [0.25, 0.3) is 0 Å². The Morgan fingerprint density at radius 3 is 2.35 bits per heavy atom. The Morgan fingerprint density at radius 2 is 1.71 bits per heavy atom. The van der Waals surface area contributed by atoms with Crippen molar-refractivity contribution in [2.45, 2.75) is 37.0 Å². The Bertz CT molecular complexity index is 1010. The van der Waals surface area contributed by atoms with E-state index in [9.17, 15) is 4.79 Å². The van der Waals surface area contributed by atoms with E-state index in [1.54, 1.807) is 4.90 Å². The Kier molecular flexibility index (Phi) is 6.61. The molecule has 2 aromatic carbocycles. The summed E-state index contributed by atoms with van der Waals surface area (Å²) in [6.07, 6.45) is 2.34. The molecule has 0 spiro atoms. The lowest BCUT2D eigenvalue weighted by Gasteiger charge is -2.18. The van der Waals surface area contributed by atoms with Crippen molar-refractivity contribution in [3.8, 4) is 0 Å². The van der Waals surface area contributed by atoms with Crippen molar-refractivity contribution in [1.29, 1.82) is 0 Å². The van der Waals surface area contributed by atoms with E-state index in [1.165, 1.54) is 30.2 Å². The highest BCUT2D eigenvalue weighted by molar-refractivity contribution is 7.99. The third-order valence-electron chi connectivity index (χ3n) is 5.49. The van der Waals surface area contributed by atoms with Crippen LogP contribution in [-0.2, 0) is 17.9 Å². The number of carbonyl (C=O) groups excluding carboxylic acids is 1. The van der Waals surface area contributed by atoms with Gasteiger partial charge in [-0.15, -0.1) is 10.2 Å². The molecule has 0 N–H and O–H groups in total. The molecule has 3 aromatic rings. The minimum atomic E-state index is 0.0870. The number of nitrogens with zero attached hydrogens (tertiary/aromatic N) is 5. The third kappa shape index (κ3) is 5.47. The fraction of sp³-hybridized carbons (Fsp3) is 0.375. The fourth-order valence-electron chi connectivity index (χ4n) is 3.46. The molecular formula is C24H29N5OS. The number of carbonyl (C=O) groups is 1. The largest absolute Gasteiger partial charge is 0.378 e. The molecule has 0 atom stereocenters. The maximum Gasteiger partial charge on any atom is 0.233 e. The Morgan fingerprint density at radius 1 is 1.00 bits per heavy atom. The molecule has 31 heavy (non-hydrogen) atoms. The molecule has 1 fully saturated rings. The second kappa shape index (κ2) is 9.56. The average molecular weight is 436 g/mol. The first-order valence-corrected chi connectivity index (χ1v) is 11.6. The lowest BCUT2D eigenvalue weighted by atomic mass is 10.2. The molecule has 4 rings (SSSR count). The number of aromatic nitrogens is 3. The summed E-state index contributed by atoms with van der Waals surface area (Å²) in [5.74, 6) is 2.00. The van der Waals surface area contributed by atoms with Crippen molar-refractivity contribution in [1.82, 2.24) is 19.7 Å². The number of benzene rings is 2. The van der Waals surface area contributed by atoms with Crippen LogP contribution < -0.4 is 4.90 Å². The van der Waals surface area contributed by atoms with Gasteiger partial charge in [-0.05, 0) is 36.1 Å². The fourth-order valence-corrected chi connectivity index (χ4v) is 4.35. The van der Waals surface area contributed by atoms with E-state index >= 15 is 0 Å². The molecule has 0 radical (unpaired) electrons. The summed E-state index contributed by atoms with van der Waals surface area (Å²) in [5, 5.41) is 9.69. The van der Waals surface area contributed by atoms with E-state index in [4.69, 9.17) is 0 Å². The van der Waals surface area contributed by atoms with Gasteiger partial charge in [-0.3, -0.25) is 4.79 Å². The molecule has 1 saturated carbocycles. The van der Waals surface area contributed by atoms with Gasteiger partial charge in [0.2, 0.25) is 5.91 Å². The van der Waals surface area contributed by atoms with E-state index in [0.717, 1.165) is 28.8 Å². The maximum absolute atomic E-state index is 12.8. The van der Waals surface area contributed by atoms with Crippen LogP contribution in [0.5, 0.6) is 0 Å². The van der Waals surface area contributed by atoms with Gasteiger partial charge in [0, 0.05) is 39.3 Å². The minimum Gasteiger partial charge on any atom is -0.378 e. The first kappa shape index (κ1) is 21.4. The molecule has 0 unspecified atom stereocenters. The van der Waals surface area contributed by atoms with Gasteiger partial charge in [-0.2, -0.15) is 0 Å². The van der Waals surface area contributed by atoms with E-state index in [0.29, 0.717) is 18.2 Å². The summed E-state index contributed by atoms with van der Waals surface area (Å²) in [7, 11) is 5.90. The molecule has 1 amide bonds. The van der Waals surface area contributed by atoms with Crippen LogP contribution in [0.2, 0.25) is 0 Å². The lowest BCUT2D eigenvalue weighted by Crippen LogP contribution is -2.28. The topological polar surface area (TPSA) is 54.3 Å². The van der Waals surface area contributed by atoms with Crippen molar-refractivity contribution in [2.24, 2.45) is 0 Å². The highest BCUT2D eigenvalue weighted by Crippen LogP contribution is 2.40. The number of amides is 1. The van der Waals surface area contributed by atoms with Gasteiger partial charge in [0.05, 0.1) is 12.3 Å².